The Hall–Kier alpha value is -2.09. The third-order valence-electron chi connectivity index (χ3n) is 3.55. The maximum absolute atomic E-state index is 12.5. The number of hydrogen-bond donors (Lipinski definition) is 0. The second kappa shape index (κ2) is 6.19. The van der Waals surface area contributed by atoms with E-state index in [2.05, 4.69) is 4.98 Å². The van der Waals surface area contributed by atoms with E-state index in [0.29, 0.717) is 25.1 Å². The molecule has 1 fully saturated rings. The maximum atomic E-state index is 12.5. The molecule has 0 saturated carbocycles. The molecule has 23 heavy (non-hydrogen) atoms. The van der Waals surface area contributed by atoms with Gasteiger partial charge in [0.05, 0.1) is 17.7 Å². The molecule has 3 rings (SSSR count). The summed E-state index contributed by atoms with van der Waals surface area (Å²) < 4.78 is 43.0. The third kappa shape index (κ3) is 3.64. The number of amides is 1. The number of aromatic nitrogens is 1. The third-order valence-corrected chi connectivity index (χ3v) is 4.23. The van der Waals surface area contributed by atoms with Crippen molar-refractivity contribution in [1.29, 1.82) is 0 Å². The lowest BCUT2D eigenvalue weighted by atomic mass is 10.3. The molecule has 2 aromatic rings. The van der Waals surface area contributed by atoms with Gasteiger partial charge in [-0.05, 0) is 17.5 Å². The molecule has 0 unspecified atom stereocenters. The van der Waals surface area contributed by atoms with Crippen LogP contribution in [0.25, 0.3) is 0 Å². The fraction of sp³-hybridized carbons (Fsp3) is 0.333. The molecule has 1 atom stereocenters. The van der Waals surface area contributed by atoms with Crippen molar-refractivity contribution >= 4 is 17.2 Å². The van der Waals surface area contributed by atoms with Crippen molar-refractivity contribution in [3.63, 3.8) is 0 Å². The van der Waals surface area contributed by atoms with Crippen molar-refractivity contribution < 1.29 is 22.7 Å². The Kier molecular flexibility index (Phi) is 4.25. The largest absolute Gasteiger partial charge is 0.472 e. The van der Waals surface area contributed by atoms with E-state index in [9.17, 15) is 18.0 Å². The standard InChI is InChI=1S/C15H13F3N2O2S/c16-15(17,18)11-1-2-13(19-7-11)22-12-3-5-20(8-12)14(21)10-4-6-23-9-10/h1-2,4,6-7,9,12H,3,5,8H2/t12-/m1/s1. The van der Waals surface area contributed by atoms with Crippen LogP contribution in [0.1, 0.15) is 22.3 Å². The highest BCUT2D eigenvalue weighted by molar-refractivity contribution is 7.08. The maximum Gasteiger partial charge on any atom is 0.417 e. The Labute approximate surface area is 134 Å². The van der Waals surface area contributed by atoms with Crippen LogP contribution >= 0.6 is 11.3 Å². The highest BCUT2D eigenvalue weighted by atomic mass is 32.1. The van der Waals surface area contributed by atoms with Crippen molar-refractivity contribution in [2.75, 3.05) is 13.1 Å². The van der Waals surface area contributed by atoms with Gasteiger partial charge in [-0.3, -0.25) is 4.79 Å². The van der Waals surface area contributed by atoms with Gasteiger partial charge < -0.3 is 9.64 Å². The summed E-state index contributed by atoms with van der Waals surface area (Å²) in [6, 6.07) is 3.90. The molecule has 0 radical (unpaired) electrons. The van der Waals surface area contributed by atoms with Crippen LogP contribution in [0.5, 0.6) is 5.88 Å². The van der Waals surface area contributed by atoms with Gasteiger partial charge in [0.1, 0.15) is 6.10 Å². The number of ether oxygens (including phenoxy) is 1. The number of pyridine rings is 1. The molecule has 2 aromatic heterocycles. The molecule has 0 bridgehead atoms. The van der Waals surface area contributed by atoms with Gasteiger partial charge in [-0.15, -0.1) is 0 Å². The molecule has 0 N–H and O–H groups in total. The fourth-order valence-corrected chi connectivity index (χ4v) is 3.00. The van der Waals surface area contributed by atoms with Gasteiger partial charge in [0.15, 0.2) is 0 Å². The van der Waals surface area contributed by atoms with E-state index in [-0.39, 0.29) is 17.9 Å². The minimum absolute atomic E-state index is 0.0577. The van der Waals surface area contributed by atoms with Crippen LogP contribution < -0.4 is 4.74 Å². The Bertz CT molecular complexity index is 671. The average molecular weight is 342 g/mol. The van der Waals surface area contributed by atoms with Crippen LogP contribution in [0.3, 0.4) is 0 Å². The van der Waals surface area contributed by atoms with Crippen LogP contribution in [0, 0.1) is 0 Å². The molecule has 1 aliphatic heterocycles. The molecular weight excluding hydrogens is 329 g/mol. The Morgan fingerprint density at radius 2 is 2.17 bits per heavy atom. The van der Waals surface area contributed by atoms with Gasteiger partial charge in [-0.25, -0.2) is 4.98 Å². The molecule has 0 aliphatic carbocycles. The SMILES string of the molecule is O=C(c1ccsc1)N1CC[C@@H](Oc2ccc(C(F)(F)F)cn2)C1. The van der Waals surface area contributed by atoms with Crippen LogP contribution in [-0.4, -0.2) is 35.0 Å². The first-order chi connectivity index (χ1) is 10.9. The lowest BCUT2D eigenvalue weighted by molar-refractivity contribution is -0.137. The number of rotatable bonds is 3. The number of hydrogen-bond acceptors (Lipinski definition) is 4. The van der Waals surface area contributed by atoms with Crippen LogP contribution in [0.2, 0.25) is 0 Å². The lowest BCUT2D eigenvalue weighted by Gasteiger charge is -2.16. The van der Waals surface area contributed by atoms with E-state index >= 15 is 0 Å². The number of halogens is 3. The molecule has 122 valence electrons. The van der Waals surface area contributed by atoms with Crippen molar-refractivity contribution in [3.05, 3.63) is 46.3 Å². The number of carbonyl (C=O) groups is 1. The summed E-state index contributed by atoms with van der Waals surface area (Å²) >= 11 is 1.45. The summed E-state index contributed by atoms with van der Waals surface area (Å²) in [7, 11) is 0. The first-order valence-electron chi connectivity index (χ1n) is 6.95. The molecular formula is C15H13F3N2O2S. The second-order valence-corrected chi connectivity index (χ2v) is 5.95. The van der Waals surface area contributed by atoms with Gasteiger partial charge in [0.2, 0.25) is 5.88 Å². The van der Waals surface area contributed by atoms with E-state index in [1.807, 2.05) is 5.38 Å². The van der Waals surface area contributed by atoms with E-state index in [1.165, 1.54) is 17.4 Å². The zero-order valence-corrected chi connectivity index (χ0v) is 12.7. The van der Waals surface area contributed by atoms with Gasteiger partial charge in [0, 0.05) is 30.6 Å². The highest BCUT2D eigenvalue weighted by Crippen LogP contribution is 2.29. The minimum atomic E-state index is -4.41. The smallest absolute Gasteiger partial charge is 0.417 e. The highest BCUT2D eigenvalue weighted by Gasteiger charge is 2.31. The fourth-order valence-electron chi connectivity index (χ4n) is 2.37. The summed E-state index contributed by atoms with van der Waals surface area (Å²) in [5, 5.41) is 3.62. The van der Waals surface area contributed by atoms with E-state index in [4.69, 9.17) is 4.74 Å². The number of alkyl halides is 3. The molecule has 0 aromatic carbocycles. The first kappa shape index (κ1) is 15.8. The van der Waals surface area contributed by atoms with Gasteiger partial charge in [-0.1, -0.05) is 0 Å². The zero-order chi connectivity index (χ0) is 16.4. The lowest BCUT2D eigenvalue weighted by Crippen LogP contribution is -2.30. The van der Waals surface area contributed by atoms with E-state index in [1.54, 1.807) is 16.3 Å². The zero-order valence-electron chi connectivity index (χ0n) is 11.9. The van der Waals surface area contributed by atoms with E-state index < -0.39 is 11.7 Å². The van der Waals surface area contributed by atoms with Crippen LogP contribution in [0.15, 0.2) is 35.2 Å². The number of thiophene rings is 1. The van der Waals surface area contributed by atoms with E-state index in [0.717, 1.165) is 12.3 Å². The molecule has 1 saturated heterocycles. The Morgan fingerprint density at radius 1 is 1.35 bits per heavy atom. The number of likely N-dealkylation sites (tertiary alicyclic amines) is 1. The first-order valence-corrected chi connectivity index (χ1v) is 7.89. The number of nitrogens with zero attached hydrogens (tertiary/aromatic N) is 2. The normalized spacial score (nSPS) is 18.2. The average Bonchev–Trinajstić information content (AvgIpc) is 3.18. The molecule has 0 spiro atoms. The molecule has 1 aliphatic rings. The topological polar surface area (TPSA) is 42.4 Å². The Balaban J connectivity index is 1.59. The molecule has 1 amide bonds. The van der Waals surface area contributed by atoms with Gasteiger partial charge in [-0.2, -0.15) is 24.5 Å². The van der Waals surface area contributed by atoms with Gasteiger partial charge in [0.25, 0.3) is 5.91 Å². The summed E-state index contributed by atoms with van der Waals surface area (Å²) in [4.78, 5) is 17.6. The second-order valence-electron chi connectivity index (χ2n) is 5.17. The van der Waals surface area contributed by atoms with Crippen molar-refractivity contribution in [2.24, 2.45) is 0 Å². The summed E-state index contributed by atoms with van der Waals surface area (Å²) in [5.74, 6) is 0.0746. The summed E-state index contributed by atoms with van der Waals surface area (Å²) in [6.45, 7) is 0.956. The molecule has 8 heteroatoms. The van der Waals surface area contributed by atoms with Crippen molar-refractivity contribution in [1.82, 2.24) is 9.88 Å². The monoisotopic (exact) mass is 342 g/mol. The number of carbonyl (C=O) groups excluding carboxylic acids is 1. The quantitative estimate of drug-likeness (QED) is 0.858. The molecule has 4 nitrogen and oxygen atoms in total. The predicted octanol–water partition coefficient (Wildman–Crippen LogP) is 3.46. The van der Waals surface area contributed by atoms with Crippen molar-refractivity contribution in [2.45, 2.75) is 18.7 Å². The minimum Gasteiger partial charge on any atom is -0.472 e. The summed E-state index contributed by atoms with van der Waals surface area (Å²) in [5.41, 5.74) is -0.172. The van der Waals surface area contributed by atoms with Crippen LogP contribution in [0.4, 0.5) is 13.2 Å². The van der Waals surface area contributed by atoms with Gasteiger partial charge >= 0.3 is 6.18 Å². The van der Waals surface area contributed by atoms with Crippen LogP contribution in [-0.2, 0) is 6.18 Å². The Morgan fingerprint density at radius 3 is 2.78 bits per heavy atom. The van der Waals surface area contributed by atoms with Crippen molar-refractivity contribution in [3.8, 4) is 5.88 Å². The predicted molar refractivity (Wildman–Crippen MR) is 78.5 cm³/mol. The molecule has 3 heterocycles. The summed E-state index contributed by atoms with van der Waals surface area (Å²) in [6.07, 6.45) is -3.30.